The Morgan fingerprint density at radius 2 is 0.686 bits per heavy atom. The molecule has 14 aromatic carbocycles. The van der Waals surface area contributed by atoms with Crippen molar-refractivity contribution in [3.8, 4) is 90.8 Å². The summed E-state index contributed by atoms with van der Waals surface area (Å²) >= 11 is 3.57. The number of thiophene rings is 2. The van der Waals surface area contributed by atoms with Gasteiger partial charge < -0.3 is 18.0 Å². The Morgan fingerprint density at radius 1 is 0.245 bits per heavy atom. The van der Waals surface area contributed by atoms with Gasteiger partial charge in [-0.2, -0.15) is 0 Å². The summed E-state index contributed by atoms with van der Waals surface area (Å²) in [4.78, 5) is 32.0. The smallest absolute Gasteiger partial charge is 0.164 e. The van der Waals surface area contributed by atoms with Crippen LogP contribution >= 0.6 is 22.7 Å². The van der Waals surface area contributed by atoms with Gasteiger partial charge in [0.15, 0.2) is 34.9 Å². The standard InChI is InChI=1S/C90H50N8O2S2/c1-4-22-51(23-5-1)85-92-88(94-89(93-85)56-44-46-74-62(49-56)80-76(101-74)47-45-73-82(80)81-70(39-20-42-72(81)99-73)98-67-37-16-12-32-59(67)60-33-13-17-38-68(60)98)55-29-18-28-54(48-55)77-83-63(50-64-79-69(40-21-43-75(79)102-84(64)77)97-65-35-14-10-30-57(65)58-31-11-15-36-66(58)97)78-61(34-19-41-71(78)100-83)90-95-86(52-24-6-2-7-25-52)91-87(96-90)53-26-8-3-9-27-53/h1-50H. The highest BCUT2D eigenvalue weighted by atomic mass is 32.1. The van der Waals surface area contributed by atoms with Crippen LogP contribution in [-0.4, -0.2) is 39.0 Å². The third-order valence-electron chi connectivity index (χ3n) is 20.2. The number of nitrogens with zero attached hydrogens (tertiary/aromatic N) is 8. The van der Waals surface area contributed by atoms with Gasteiger partial charge in [0, 0.05) is 117 Å². The van der Waals surface area contributed by atoms with Crippen molar-refractivity contribution in [2.24, 2.45) is 0 Å². The number of fused-ring (bicyclic) bond motifs is 19. The van der Waals surface area contributed by atoms with E-state index in [1.165, 1.54) is 26.2 Å². The lowest BCUT2D eigenvalue weighted by molar-refractivity contribution is 0.669. The molecule has 0 aliphatic carbocycles. The minimum Gasteiger partial charge on any atom is -0.456 e. The molecule has 0 fully saturated rings. The molecule has 0 spiro atoms. The topological polar surface area (TPSA) is 113 Å². The van der Waals surface area contributed by atoms with Crippen molar-refractivity contribution in [3.05, 3.63) is 303 Å². The van der Waals surface area contributed by atoms with Crippen molar-refractivity contribution in [2.75, 3.05) is 0 Å². The summed E-state index contributed by atoms with van der Waals surface area (Å²) in [6.45, 7) is 0. The molecular formula is C90H50N8O2S2. The maximum Gasteiger partial charge on any atom is 0.164 e. The zero-order valence-corrected chi connectivity index (χ0v) is 55.7. The van der Waals surface area contributed by atoms with Crippen LogP contribution < -0.4 is 0 Å². The van der Waals surface area contributed by atoms with Crippen LogP contribution in [0.4, 0.5) is 0 Å². The first-order valence-electron chi connectivity index (χ1n) is 34.0. The molecule has 0 amide bonds. The molecule has 474 valence electrons. The number of benzene rings is 14. The molecule has 0 saturated heterocycles. The van der Waals surface area contributed by atoms with E-state index in [0.717, 1.165) is 152 Å². The first-order chi connectivity index (χ1) is 50.6. The Hall–Kier alpha value is -13.3. The Bertz CT molecular complexity index is 7110. The lowest BCUT2D eigenvalue weighted by atomic mass is 9.96. The predicted molar refractivity (Wildman–Crippen MR) is 420 cm³/mol. The highest BCUT2D eigenvalue weighted by Crippen LogP contribution is 2.52. The SMILES string of the molecule is c1ccc(-c2nc(-c3cccc(-c4c5oc6cccc(-c7nc(-c8ccccc8)nc(-c8ccccc8)n7)c6c5cc5c4sc4cccc(-n6c7ccccc7c7ccccc76)c45)c3)nc(-c3ccc4sc5ccc6oc7cccc(-n8c9ccccc9c9ccccc98)c7c6c5c4c3)n2)cc1. The summed E-state index contributed by atoms with van der Waals surface area (Å²) in [6, 6.07) is 107. The summed E-state index contributed by atoms with van der Waals surface area (Å²) in [6.07, 6.45) is 0. The van der Waals surface area contributed by atoms with E-state index in [1.54, 1.807) is 22.7 Å². The van der Waals surface area contributed by atoms with Crippen LogP contribution in [0.25, 0.3) is 219 Å². The average Bonchev–Trinajstić information content (AvgIpc) is 1.55. The van der Waals surface area contributed by atoms with E-state index in [-0.39, 0.29) is 0 Å². The largest absolute Gasteiger partial charge is 0.456 e. The van der Waals surface area contributed by atoms with Crippen LogP contribution in [-0.2, 0) is 0 Å². The van der Waals surface area contributed by atoms with Crippen molar-refractivity contribution >= 4 is 151 Å². The van der Waals surface area contributed by atoms with Crippen molar-refractivity contribution in [2.45, 2.75) is 0 Å². The second-order valence-electron chi connectivity index (χ2n) is 25.9. The fraction of sp³-hybridized carbons (Fsp3) is 0. The second kappa shape index (κ2) is 22.1. The molecule has 22 aromatic rings. The minimum absolute atomic E-state index is 0.536. The van der Waals surface area contributed by atoms with Crippen LogP contribution in [0.3, 0.4) is 0 Å². The summed E-state index contributed by atoms with van der Waals surface area (Å²) in [7, 11) is 0. The molecule has 0 N–H and O–H groups in total. The number of hydrogen-bond donors (Lipinski definition) is 0. The fourth-order valence-electron chi connectivity index (χ4n) is 15.8. The highest BCUT2D eigenvalue weighted by molar-refractivity contribution is 7.26. The summed E-state index contributed by atoms with van der Waals surface area (Å²) in [5.41, 5.74) is 16.9. The van der Waals surface area contributed by atoms with Crippen molar-refractivity contribution < 1.29 is 8.83 Å². The zero-order chi connectivity index (χ0) is 66.7. The molecule has 12 heteroatoms. The fourth-order valence-corrected chi connectivity index (χ4v) is 18.2. The van der Waals surface area contributed by atoms with E-state index in [4.69, 9.17) is 38.7 Å². The van der Waals surface area contributed by atoms with Gasteiger partial charge in [-0.15, -0.1) is 22.7 Å². The molecule has 0 radical (unpaired) electrons. The molecule has 22 rings (SSSR count). The molecule has 0 aliphatic rings. The molecule has 0 aliphatic heterocycles. The Balaban J connectivity index is 0.766. The molecule has 8 heterocycles. The zero-order valence-electron chi connectivity index (χ0n) is 54.1. The van der Waals surface area contributed by atoms with E-state index in [0.29, 0.717) is 40.5 Å². The van der Waals surface area contributed by atoms with Crippen LogP contribution in [0.15, 0.2) is 312 Å². The number of furan rings is 2. The maximum absolute atomic E-state index is 7.40. The first-order valence-corrected chi connectivity index (χ1v) is 35.6. The number of para-hydroxylation sites is 4. The van der Waals surface area contributed by atoms with E-state index in [9.17, 15) is 0 Å². The van der Waals surface area contributed by atoms with Gasteiger partial charge >= 0.3 is 0 Å². The van der Waals surface area contributed by atoms with Gasteiger partial charge in [-0.25, -0.2) is 29.9 Å². The van der Waals surface area contributed by atoms with Gasteiger partial charge in [0.25, 0.3) is 0 Å². The Labute approximate surface area is 588 Å². The van der Waals surface area contributed by atoms with E-state index < -0.39 is 0 Å². The van der Waals surface area contributed by atoms with Crippen molar-refractivity contribution in [1.29, 1.82) is 0 Å². The van der Waals surface area contributed by atoms with Crippen LogP contribution in [0.2, 0.25) is 0 Å². The molecule has 0 unspecified atom stereocenters. The van der Waals surface area contributed by atoms with Crippen molar-refractivity contribution in [3.63, 3.8) is 0 Å². The predicted octanol–water partition coefficient (Wildman–Crippen LogP) is 24.5. The average molecular weight is 1340 g/mol. The van der Waals surface area contributed by atoms with Crippen LogP contribution in [0.1, 0.15) is 0 Å². The molecule has 102 heavy (non-hydrogen) atoms. The Morgan fingerprint density at radius 3 is 1.27 bits per heavy atom. The Kier molecular flexibility index (Phi) is 12.3. The van der Waals surface area contributed by atoms with Gasteiger partial charge in [0.1, 0.15) is 22.3 Å². The van der Waals surface area contributed by atoms with Crippen LogP contribution in [0, 0.1) is 0 Å². The van der Waals surface area contributed by atoms with Gasteiger partial charge in [-0.3, -0.25) is 0 Å². The molecular weight excluding hydrogens is 1290 g/mol. The van der Waals surface area contributed by atoms with Crippen molar-refractivity contribution in [1.82, 2.24) is 39.0 Å². The number of aromatic nitrogens is 8. The van der Waals surface area contributed by atoms with E-state index >= 15 is 0 Å². The molecule has 0 bridgehead atoms. The van der Waals surface area contributed by atoms with Gasteiger partial charge in [0.05, 0.1) is 38.8 Å². The van der Waals surface area contributed by atoms with Crippen LogP contribution in [0.5, 0.6) is 0 Å². The number of hydrogen-bond acceptors (Lipinski definition) is 10. The number of rotatable bonds is 9. The highest BCUT2D eigenvalue weighted by Gasteiger charge is 2.28. The monoisotopic (exact) mass is 1340 g/mol. The van der Waals surface area contributed by atoms with Gasteiger partial charge in [0.2, 0.25) is 0 Å². The third kappa shape index (κ3) is 8.57. The normalized spacial score (nSPS) is 12.1. The summed E-state index contributed by atoms with van der Waals surface area (Å²) in [5.74, 6) is 3.36. The third-order valence-corrected chi connectivity index (χ3v) is 22.5. The molecule has 0 saturated carbocycles. The summed E-state index contributed by atoms with van der Waals surface area (Å²) in [5, 5.41) is 13.3. The minimum atomic E-state index is 0.536. The quantitative estimate of drug-likeness (QED) is 0.140. The van der Waals surface area contributed by atoms with E-state index in [1.807, 2.05) is 84.9 Å². The molecule has 0 atom stereocenters. The van der Waals surface area contributed by atoms with Gasteiger partial charge in [-0.1, -0.05) is 206 Å². The lowest BCUT2D eigenvalue weighted by Crippen LogP contribution is -2.00. The first kappa shape index (κ1) is 56.7. The van der Waals surface area contributed by atoms with Gasteiger partial charge in [-0.05, 0) is 103 Å². The molecule has 8 aromatic heterocycles. The maximum atomic E-state index is 7.40. The lowest BCUT2D eigenvalue weighted by Gasteiger charge is -2.12. The second-order valence-corrected chi connectivity index (χ2v) is 28.1. The molecule has 10 nitrogen and oxygen atoms in total. The van der Waals surface area contributed by atoms with E-state index in [2.05, 4.69) is 228 Å². The summed E-state index contributed by atoms with van der Waals surface area (Å²) < 4.78 is 23.6.